The third kappa shape index (κ3) is 3.85. The summed E-state index contributed by atoms with van der Waals surface area (Å²) in [6, 6.07) is 0.632. The van der Waals surface area contributed by atoms with Gasteiger partial charge in [0, 0.05) is 26.7 Å². The molecule has 0 bridgehead atoms. The first-order chi connectivity index (χ1) is 9.61. The normalized spacial score (nSPS) is 23.4. The highest BCUT2D eigenvalue weighted by molar-refractivity contribution is 7.15. The molecule has 1 N–H and O–H groups in total. The number of nitrogens with zero attached hydrogens (tertiary/aromatic N) is 2. The van der Waals surface area contributed by atoms with E-state index >= 15 is 0 Å². The second kappa shape index (κ2) is 7.27. The van der Waals surface area contributed by atoms with Gasteiger partial charge in [0.1, 0.15) is 0 Å². The molecule has 2 unspecified atom stereocenters. The molecule has 1 aliphatic rings. The van der Waals surface area contributed by atoms with Gasteiger partial charge in [-0.25, -0.2) is 0 Å². The Kier molecular flexibility index (Phi) is 5.66. The van der Waals surface area contributed by atoms with Crippen molar-refractivity contribution in [3.63, 3.8) is 0 Å². The minimum atomic E-state index is 0.632. The van der Waals surface area contributed by atoms with Gasteiger partial charge in [-0.3, -0.25) is 0 Å². The van der Waals surface area contributed by atoms with Crippen LogP contribution < -0.4 is 15.0 Å². The Hall–Kier alpha value is -0.810. The average molecular weight is 297 g/mol. The molecular weight excluding hydrogens is 270 g/mol. The van der Waals surface area contributed by atoms with Crippen molar-refractivity contribution in [2.24, 2.45) is 5.92 Å². The van der Waals surface area contributed by atoms with Gasteiger partial charge >= 0.3 is 0 Å². The number of rotatable bonds is 5. The molecule has 1 aliphatic carbocycles. The van der Waals surface area contributed by atoms with E-state index in [-0.39, 0.29) is 0 Å². The van der Waals surface area contributed by atoms with Crippen molar-refractivity contribution >= 4 is 16.5 Å². The number of nitrogens with one attached hydrogen (secondary N) is 1. The summed E-state index contributed by atoms with van der Waals surface area (Å²) in [6.45, 7) is 3.24. The smallest absolute Gasteiger partial charge is 0.230 e. The van der Waals surface area contributed by atoms with Crippen LogP contribution in [0.15, 0.2) is 0 Å². The van der Waals surface area contributed by atoms with Crippen LogP contribution in [0.2, 0.25) is 0 Å². The molecule has 0 saturated heterocycles. The molecule has 0 aliphatic heterocycles. The van der Waals surface area contributed by atoms with Crippen LogP contribution in [0.25, 0.3) is 0 Å². The fourth-order valence-electron chi connectivity index (χ4n) is 2.81. The van der Waals surface area contributed by atoms with Gasteiger partial charge in [0.2, 0.25) is 5.88 Å². The number of ether oxygens (including phenoxy) is 1. The van der Waals surface area contributed by atoms with E-state index < -0.39 is 0 Å². The molecule has 1 aromatic heterocycles. The molecule has 4 nitrogen and oxygen atoms in total. The molecule has 0 radical (unpaired) electrons. The zero-order chi connectivity index (χ0) is 14.5. The van der Waals surface area contributed by atoms with E-state index in [1.54, 1.807) is 18.4 Å². The van der Waals surface area contributed by atoms with E-state index in [4.69, 9.17) is 4.74 Å². The Bertz CT molecular complexity index is 419. The standard InChI is InChI=1S/C15H27N3OS/c1-11-8-6-5-7-9-12(11)16-10-13-14(19-4)17-15(20-13)18(2)3/h11-12,16H,5-10H2,1-4H3. The summed E-state index contributed by atoms with van der Waals surface area (Å²) in [5.74, 6) is 1.54. The van der Waals surface area contributed by atoms with Crippen LogP contribution >= 0.6 is 11.3 Å². The fourth-order valence-corrected chi connectivity index (χ4v) is 3.71. The maximum atomic E-state index is 5.40. The molecule has 0 amide bonds. The van der Waals surface area contributed by atoms with Gasteiger partial charge in [-0.05, 0) is 18.8 Å². The SMILES string of the molecule is COc1nc(N(C)C)sc1CNC1CCCCCC1C. The molecule has 1 heterocycles. The topological polar surface area (TPSA) is 37.4 Å². The van der Waals surface area contributed by atoms with E-state index in [0.717, 1.165) is 23.5 Å². The van der Waals surface area contributed by atoms with Crippen molar-refractivity contribution in [1.29, 1.82) is 0 Å². The van der Waals surface area contributed by atoms with Gasteiger partial charge in [-0.15, -0.1) is 0 Å². The second-order valence-electron chi connectivity index (χ2n) is 5.93. The molecule has 1 aromatic rings. The number of methoxy groups -OCH3 is 1. The van der Waals surface area contributed by atoms with Crippen LogP contribution in [0.3, 0.4) is 0 Å². The number of aromatic nitrogens is 1. The van der Waals surface area contributed by atoms with Crippen LogP contribution in [0.5, 0.6) is 5.88 Å². The van der Waals surface area contributed by atoms with Gasteiger partial charge in [0.05, 0.1) is 12.0 Å². The van der Waals surface area contributed by atoms with Gasteiger partial charge in [0.15, 0.2) is 5.13 Å². The highest BCUT2D eigenvalue weighted by atomic mass is 32.1. The van der Waals surface area contributed by atoms with Crippen LogP contribution in [-0.2, 0) is 6.54 Å². The van der Waals surface area contributed by atoms with Crippen molar-refractivity contribution in [1.82, 2.24) is 10.3 Å². The summed E-state index contributed by atoms with van der Waals surface area (Å²) < 4.78 is 5.40. The minimum absolute atomic E-state index is 0.632. The van der Waals surface area contributed by atoms with Gasteiger partial charge in [0.25, 0.3) is 0 Å². The van der Waals surface area contributed by atoms with Crippen molar-refractivity contribution < 1.29 is 4.74 Å². The lowest BCUT2D eigenvalue weighted by Gasteiger charge is -2.22. The molecule has 0 aromatic carbocycles. The first-order valence-corrected chi connectivity index (χ1v) is 8.38. The lowest BCUT2D eigenvalue weighted by atomic mass is 9.97. The zero-order valence-electron chi connectivity index (χ0n) is 13.1. The van der Waals surface area contributed by atoms with Gasteiger partial charge in [-0.2, -0.15) is 4.98 Å². The van der Waals surface area contributed by atoms with E-state index in [9.17, 15) is 0 Å². The first-order valence-electron chi connectivity index (χ1n) is 7.56. The molecule has 0 spiro atoms. The van der Waals surface area contributed by atoms with Crippen LogP contribution in [0.4, 0.5) is 5.13 Å². The molecule has 20 heavy (non-hydrogen) atoms. The Morgan fingerprint density at radius 1 is 1.30 bits per heavy atom. The van der Waals surface area contributed by atoms with Crippen LogP contribution in [0.1, 0.15) is 43.9 Å². The summed E-state index contributed by atoms with van der Waals surface area (Å²) in [6.07, 6.45) is 6.76. The maximum absolute atomic E-state index is 5.40. The lowest BCUT2D eigenvalue weighted by Crippen LogP contribution is -2.33. The fraction of sp³-hybridized carbons (Fsp3) is 0.800. The van der Waals surface area contributed by atoms with E-state index in [1.165, 1.54) is 37.0 Å². The Labute approximate surface area is 126 Å². The number of hydrogen-bond donors (Lipinski definition) is 1. The monoisotopic (exact) mass is 297 g/mol. The summed E-state index contributed by atoms with van der Waals surface area (Å²) in [7, 11) is 5.73. The lowest BCUT2D eigenvalue weighted by molar-refractivity contribution is 0.350. The van der Waals surface area contributed by atoms with Crippen molar-refractivity contribution in [2.45, 2.75) is 51.6 Å². The van der Waals surface area contributed by atoms with Gasteiger partial charge < -0.3 is 15.0 Å². The highest BCUT2D eigenvalue weighted by Gasteiger charge is 2.21. The summed E-state index contributed by atoms with van der Waals surface area (Å²) >= 11 is 1.71. The van der Waals surface area contributed by atoms with E-state index in [2.05, 4.69) is 17.2 Å². The molecular formula is C15H27N3OS. The van der Waals surface area contributed by atoms with Gasteiger partial charge in [-0.1, -0.05) is 37.5 Å². The molecule has 1 saturated carbocycles. The van der Waals surface area contributed by atoms with Crippen molar-refractivity contribution in [3.8, 4) is 5.88 Å². The Morgan fingerprint density at radius 3 is 2.75 bits per heavy atom. The number of hydrogen-bond acceptors (Lipinski definition) is 5. The molecule has 2 rings (SSSR count). The summed E-state index contributed by atoms with van der Waals surface area (Å²) in [5.41, 5.74) is 0. The van der Waals surface area contributed by atoms with E-state index in [0.29, 0.717) is 6.04 Å². The van der Waals surface area contributed by atoms with Crippen LogP contribution in [-0.4, -0.2) is 32.2 Å². The highest BCUT2D eigenvalue weighted by Crippen LogP contribution is 2.31. The second-order valence-corrected chi connectivity index (χ2v) is 6.99. The Morgan fingerprint density at radius 2 is 2.05 bits per heavy atom. The molecule has 5 heteroatoms. The minimum Gasteiger partial charge on any atom is -0.480 e. The zero-order valence-corrected chi connectivity index (χ0v) is 13.9. The Balaban J connectivity index is 1.98. The third-order valence-electron chi connectivity index (χ3n) is 4.11. The number of thiazole rings is 1. The quantitative estimate of drug-likeness (QED) is 0.846. The first kappa shape index (κ1) is 15.6. The van der Waals surface area contributed by atoms with Crippen molar-refractivity contribution in [2.75, 3.05) is 26.1 Å². The molecule has 2 atom stereocenters. The summed E-state index contributed by atoms with van der Waals surface area (Å²) in [4.78, 5) is 7.75. The third-order valence-corrected chi connectivity index (χ3v) is 5.32. The van der Waals surface area contributed by atoms with Crippen LogP contribution in [0, 0.1) is 5.92 Å². The largest absolute Gasteiger partial charge is 0.480 e. The van der Waals surface area contributed by atoms with Crippen molar-refractivity contribution in [3.05, 3.63) is 4.88 Å². The summed E-state index contributed by atoms with van der Waals surface area (Å²) in [5, 5.41) is 4.73. The molecule has 114 valence electrons. The average Bonchev–Trinajstić information content (AvgIpc) is 2.74. The maximum Gasteiger partial charge on any atom is 0.230 e. The number of anilines is 1. The van der Waals surface area contributed by atoms with E-state index in [1.807, 2.05) is 19.0 Å². The predicted octanol–water partition coefficient (Wildman–Crippen LogP) is 3.28. The predicted molar refractivity (Wildman–Crippen MR) is 85.9 cm³/mol. The molecule has 1 fully saturated rings.